The molecular weight excluding hydrogens is 342 g/mol. The first-order valence-corrected chi connectivity index (χ1v) is 7.96. The minimum absolute atomic E-state index is 0.443. The number of benzene rings is 1. The predicted octanol–water partition coefficient (Wildman–Crippen LogP) is 3.64. The largest absolute Gasteiger partial charge is 0.383 e. The van der Waals surface area contributed by atoms with Crippen molar-refractivity contribution < 1.29 is 0 Å². The maximum Gasteiger partial charge on any atom is 0.227 e. The third-order valence-corrected chi connectivity index (χ3v) is 3.78. The second-order valence-corrected chi connectivity index (χ2v) is 6.32. The molecule has 0 spiro atoms. The highest BCUT2D eigenvalue weighted by Crippen LogP contribution is 2.22. The molecule has 1 aromatic carbocycles. The number of rotatable bonds is 3. The third-order valence-electron chi connectivity index (χ3n) is 3.37. The Morgan fingerprint density at radius 3 is 2.55 bits per heavy atom. The molecule has 0 aliphatic carbocycles. The van der Waals surface area contributed by atoms with Gasteiger partial charge in [0.15, 0.2) is 0 Å². The normalized spacial score (nSPS) is 17.7. The molecule has 2 N–H and O–H groups in total. The van der Waals surface area contributed by atoms with Gasteiger partial charge in [0.1, 0.15) is 0 Å². The molecule has 6 heteroatoms. The Labute approximate surface area is 138 Å². The fourth-order valence-electron chi connectivity index (χ4n) is 2.48. The maximum atomic E-state index is 4.21. The van der Waals surface area contributed by atoms with Crippen LogP contribution in [0.5, 0.6) is 0 Å². The highest BCUT2D eigenvalue weighted by atomic mass is 79.9. The highest BCUT2D eigenvalue weighted by Gasteiger charge is 2.14. The molecule has 114 valence electrons. The van der Waals surface area contributed by atoms with Crippen LogP contribution in [0, 0.1) is 0 Å². The van der Waals surface area contributed by atoms with Gasteiger partial charge in [0, 0.05) is 48.3 Å². The van der Waals surface area contributed by atoms with E-state index in [1.54, 1.807) is 12.4 Å². The Morgan fingerprint density at radius 2 is 1.91 bits per heavy atom. The second kappa shape index (κ2) is 6.36. The van der Waals surface area contributed by atoms with Crippen LogP contribution in [0.15, 0.2) is 53.0 Å². The molecule has 0 saturated carbocycles. The molecule has 0 radical (unpaired) electrons. The zero-order valence-electron chi connectivity index (χ0n) is 12.5. The summed E-state index contributed by atoms with van der Waals surface area (Å²) in [5, 5.41) is 6.60. The van der Waals surface area contributed by atoms with Crippen LogP contribution < -0.4 is 15.5 Å². The van der Waals surface area contributed by atoms with E-state index in [4.69, 9.17) is 0 Å². The number of halogens is 1. The number of anilines is 3. The summed E-state index contributed by atoms with van der Waals surface area (Å²) >= 11 is 3.33. The fraction of sp³-hybridized carbons (Fsp3) is 0.250. The summed E-state index contributed by atoms with van der Waals surface area (Å²) in [7, 11) is 0. The maximum absolute atomic E-state index is 4.21. The van der Waals surface area contributed by atoms with Crippen molar-refractivity contribution in [3.05, 3.63) is 53.0 Å². The lowest BCUT2D eigenvalue weighted by Gasteiger charge is -2.31. The Bertz CT molecular complexity index is 666. The average molecular weight is 360 g/mol. The van der Waals surface area contributed by atoms with Gasteiger partial charge >= 0.3 is 0 Å². The molecule has 2 heterocycles. The summed E-state index contributed by atoms with van der Waals surface area (Å²) in [5.41, 5.74) is 3.33. The monoisotopic (exact) mass is 359 g/mol. The lowest BCUT2D eigenvalue weighted by Crippen LogP contribution is -2.41. The molecule has 3 rings (SSSR count). The van der Waals surface area contributed by atoms with Crippen LogP contribution >= 0.6 is 15.9 Å². The number of hydrogen-bond acceptors (Lipinski definition) is 5. The van der Waals surface area contributed by atoms with E-state index >= 15 is 0 Å². The first-order valence-electron chi connectivity index (χ1n) is 7.16. The Morgan fingerprint density at radius 1 is 1.23 bits per heavy atom. The number of aromatic nitrogens is 2. The summed E-state index contributed by atoms with van der Waals surface area (Å²) in [4.78, 5) is 10.7. The molecule has 0 fully saturated rings. The van der Waals surface area contributed by atoms with Gasteiger partial charge in [0.25, 0.3) is 0 Å². The van der Waals surface area contributed by atoms with Crippen molar-refractivity contribution in [3.8, 4) is 0 Å². The minimum Gasteiger partial charge on any atom is -0.383 e. The molecule has 0 saturated heterocycles. The van der Waals surface area contributed by atoms with E-state index in [1.165, 1.54) is 11.4 Å². The first kappa shape index (κ1) is 14.8. The van der Waals surface area contributed by atoms with Gasteiger partial charge in [0.05, 0.1) is 4.47 Å². The van der Waals surface area contributed by atoms with Gasteiger partial charge in [-0.25, -0.2) is 9.97 Å². The van der Waals surface area contributed by atoms with Crippen LogP contribution in [0.3, 0.4) is 0 Å². The second-order valence-electron chi connectivity index (χ2n) is 5.41. The standard InChI is InChI=1S/C16H18BrN5/c1-11-9-22(10-12(2)20-11)15-5-3-14(4-6-15)21-16-18-7-13(17)8-19-16/h3-9,12,20H,10H2,1-2H3,(H,18,19,21)/t12-/m0/s1. The predicted molar refractivity (Wildman–Crippen MR) is 93.2 cm³/mol. The minimum atomic E-state index is 0.443. The van der Waals surface area contributed by atoms with Gasteiger partial charge in [-0.1, -0.05) is 0 Å². The molecular formula is C16H18BrN5. The number of nitrogens with zero attached hydrogens (tertiary/aromatic N) is 3. The van der Waals surface area contributed by atoms with Crippen molar-refractivity contribution in [3.63, 3.8) is 0 Å². The molecule has 1 aliphatic heterocycles. The Balaban J connectivity index is 1.72. The van der Waals surface area contributed by atoms with Crippen molar-refractivity contribution in [2.75, 3.05) is 16.8 Å². The van der Waals surface area contributed by atoms with E-state index in [2.05, 4.69) is 73.6 Å². The zero-order chi connectivity index (χ0) is 15.5. The average Bonchev–Trinajstić information content (AvgIpc) is 2.49. The molecule has 0 bridgehead atoms. The summed E-state index contributed by atoms with van der Waals surface area (Å²) in [6.45, 7) is 5.23. The van der Waals surface area contributed by atoms with Crippen molar-refractivity contribution in [2.24, 2.45) is 0 Å². The van der Waals surface area contributed by atoms with Gasteiger partial charge in [-0.05, 0) is 54.0 Å². The summed E-state index contributed by atoms with van der Waals surface area (Å²) < 4.78 is 0.864. The Kier molecular flexibility index (Phi) is 4.29. The summed E-state index contributed by atoms with van der Waals surface area (Å²) in [5.74, 6) is 0.586. The molecule has 0 unspecified atom stereocenters. The van der Waals surface area contributed by atoms with Crippen molar-refractivity contribution in [1.82, 2.24) is 15.3 Å². The van der Waals surface area contributed by atoms with Gasteiger partial charge < -0.3 is 15.5 Å². The number of allylic oxidation sites excluding steroid dienone is 1. The highest BCUT2D eigenvalue weighted by molar-refractivity contribution is 9.10. The molecule has 1 aromatic heterocycles. The van der Waals surface area contributed by atoms with Crippen molar-refractivity contribution in [1.29, 1.82) is 0 Å². The summed E-state index contributed by atoms with van der Waals surface area (Å²) in [6.07, 6.45) is 5.58. The van der Waals surface area contributed by atoms with Crippen molar-refractivity contribution in [2.45, 2.75) is 19.9 Å². The van der Waals surface area contributed by atoms with Gasteiger partial charge in [0.2, 0.25) is 5.95 Å². The van der Waals surface area contributed by atoms with Crippen molar-refractivity contribution >= 4 is 33.3 Å². The van der Waals surface area contributed by atoms with E-state index < -0.39 is 0 Å². The lowest BCUT2D eigenvalue weighted by molar-refractivity contribution is 0.584. The quantitative estimate of drug-likeness (QED) is 0.875. The Hall–Kier alpha value is -2.08. The van der Waals surface area contributed by atoms with E-state index in [1.807, 2.05) is 12.1 Å². The topological polar surface area (TPSA) is 53.1 Å². The summed E-state index contributed by atoms with van der Waals surface area (Å²) in [6, 6.07) is 8.72. The van der Waals surface area contributed by atoms with Crippen LogP contribution in [0.2, 0.25) is 0 Å². The van der Waals surface area contributed by atoms with Crippen LogP contribution in [-0.2, 0) is 0 Å². The van der Waals surface area contributed by atoms with Crippen LogP contribution in [-0.4, -0.2) is 22.6 Å². The first-order chi connectivity index (χ1) is 10.6. The van der Waals surface area contributed by atoms with Gasteiger partial charge in [-0.3, -0.25) is 0 Å². The van der Waals surface area contributed by atoms with Crippen LogP contribution in [0.1, 0.15) is 13.8 Å². The zero-order valence-corrected chi connectivity index (χ0v) is 14.1. The van der Waals surface area contributed by atoms with Crippen LogP contribution in [0.25, 0.3) is 0 Å². The molecule has 0 amide bonds. The molecule has 1 aliphatic rings. The SMILES string of the molecule is CC1=CN(c2ccc(Nc3ncc(Br)cn3)cc2)C[C@H](C)N1. The number of nitrogens with one attached hydrogen (secondary N) is 2. The van der Waals surface area contributed by atoms with E-state index in [-0.39, 0.29) is 0 Å². The molecule has 5 nitrogen and oxygen atoms in total. The van der Waals surface area contributed by atoms with E-state index in [0.29, 0.717) is 12.0 Å². The fourth-order valence-corrected chi connectivity index (χ4v) is 2.68. The number of hydrogen-bond donors (Lipinski definition) is 2. The third kappa shape index (κ3) is 3.57. The van der Waals surface area contributed by atoms with Crippen LogP contribution in [0.4, 0.5) is 17.3 Å². The molecule has 22 heavy (non-hydrogen) atoms. The smallest absolute Gasteiger partial charge is 0.227 e. The van der Waals surface area contributed by atoms with E-state index in [9.17, 15) is 0 Å². The molecule has 1 atom stereocenters. The van der Waals surface area contributed by atoms with Gasteiger partial charge in [-0.2, -0.15) is 0 Å². The lowest BCUT2D eigenvalue weighted by atomic mass is 10.2. The van der Waals surface area contributed by atoms with E-state index in [0.717, 1.165) is 16.7 Å². The molecule has 2 aromatic rings. The van der Waals surface area contributed by atoms with Gasteiger partial charge in [-0.15, -0.1) is 0 Å².